The van der Waals surface area contributed by atoms with Crippen LogP contribution in [0.4, 0.5) is 0 Å². The van der Waals surface area contributed by atoms with Gasteiger partial charge in [0.1, 0.15) is 0 Å². The van der Waals surface area contributed by atoms with Gasteiger partial charge in [0.05, 0.1) is 10.4 Å². The van der Waals surface area contributed by atoms with Crippen molar-refractivity contribution in [2.24, 2.45) is 5.73 Å². The maximum Gasteiger partial charge on any atom is 0.263 e. The molecular weight excluding hydrogens is 328 g/mol. The van der Waals surface area contributed by atoms with Crippen LogP contribution in [0.15, 0.2) is 16.0 Å². The van der Waals surface area contributed by atoms with Gasteiger partial charge in [-0.15, -0.1) is 11.3 Å². The van der Waals surface area contributed by atoms with E-state index in [1.807, 2.05) is 13.8 Å². The van der Waals surface area contributed by atoms with Crippen LogP contribution in [0.25, 0.3) is 0 Å². The predicted octanol–water partition coefficient (Wildman–Crippen LogP) is 2.37. The summed E-state index contributed by atoms with van der Waals surface area (Å²) in [7, 11) is 0. The van der Waals surface area contributed by atoms with Crippen molar-refractivity contribution >= 4 is 23.2 Å². The average molecular weight is 348 g/mol. The van der Waals surface area contributed by atoms with Crippen LogP contribution in [0, 0.1) is 0 Å². The number of likely N-dealkylation sites (tertiary alicyclic amines) is 1. The van der Waals surface area contributed by atoms with Gasteiger partial charge in [-0.25, -0.2) is 0 Å². The molecular formula is C16H20N4O3S. The molecule has 2 aromatic rings. The lowest BCUT2D eigenvalue weighted by Gasteiger charge is -2.30. The number of hydrogen-bond donors (Lipinski definition) is 1. The first kappa shape index (κ1) is 16.6. The normalized spacial score (nSPS) is 18.1. The van der Waals surface area contributed by atoms with Crippen LogP contribution >= 0.6 is 11.3 Å². The van der Waals surface area contributed by atoms with E-state index in [4.69, 9.17) is 10.3 Å². The molecule has 0 spiro atoms. The summed E-state index contributed by atoms with van der Waals surface area (Å²) < 4.78 is 5.28. The summed E-state index contributed by atoms with van der Waals surface area (Å²) >= 11 is 1.24. The second-order valence-electron chi connectivity index (χ2n) is 6.30. The Balaban J connectivity index is 1.72. The van der Waals surface area contributed by atoms with Gasteiger partial charge < -0.3 is 15.2 Å². The lowest BCUT2D eigenvalue weighted by Crippen LogP contribution is -2.39. The summed E-state index contributed by atoms with van der Waals surface area (Å²) in [5.74, 6) is 0.957. The first-order valence-electron chi connectivity index (χ1n) is 7.96. The van der Waals surface area contributed by atoms with E-state index in [-0.39, 0.29) is 17.7 Å². The van der Waals surface area contributed by atoms with Gasteiger partial charge in [0, 0.05) is 30.3 Å². The Morgan fingerprint density at radius 2 is 2.25 bits per heavy atom. The third kappa shape index (κ3) is 3.33. The molecule has 0 saturated carbocycles. The Labute approximate surface area is 143 Å². The number of nitrogens with zero attached hydrogens (tertiary/aromatic N) is 3. The zero-order valence-corrected chi connectivity index (χ0v) is 14.5. The van der Waals surface area contributed by atoms with Gasteiger partial charge in [-0.1, -0.05) is 19.0 Å². The molecule has 24 heavy (non-hydrogen) atoms. The summed E-state index contributed by atoms with van der Waals surface area (Å²) in [6, 6.07) is 1.56. The lowest BCUT2D eigenvalue weighted by atomic mass is 9.97. The molecule has 3 rings (SSSR count). The van der Waals surface area contributed by atoms with E-state index in [2.05, 4.69) is 10.1 Å². The fourth-order valence-corrected chi connectivity index (χ4v) is 3.62. The summed E-state index contributed by atoms with van der Waals surface area (Å²) in [4.78, 5) is 30.6. The molecule has 0 radical (unpaired) electrons. The molecule has 0 bridgehead atoms. The minimum atomic E-state index is -0.519. The fraction of sp³-hybridized carbons (Fsp3) is 0.500. The molecule has 1 saturated heterocycles. The quantitative estimate of drug-likeness (QED) is 0.914. The first-order chi connectivity index (χ1) is 11.5. The second kappa shape index (κ2) is 6.72. The Kier molecular flexibility index (Phi) is 4.66. The van der Waals surface area contributed by atoms with Crippen molar-refractivity contribution in [1.29, 1.82) is 0 Å². The van der Waals surface area contributed by atoms with Crippen LogP contribution < -0.4 is 5.73 Å². The molecule has 1 fully saturated rings. The number of carbonyl (C=O) groups excluding carboxylic acids is 2. The van der Waals surface area contributed by atoms with Crippen molar-refractivity contribution in [3.8, 4) is 0 Å². The summed E-state index contributed by atoms with van der Waals surface area (Å²) in [6.07, 6.45) is 1.81. The summed E-state index contributed by atoms with van der Waals surface area (Å²) in [5, 5.41) is 5.69. The van der Waals surface area contributed by atoms with E-state index in [0.717, 1.165) is 12.8 Å². The molecule has 1 aliphatic heterocycles. The third-order valence-corrected chi connectivity index (χ3v) is 5.04. The fourth-order valence-electron chi connectivity index (χ4n) is 2.75. The number of nitrogens with two attached hydrogens (primary N) is 1. The monoisotopic (exact) mass is 348 g/mol. The van der Waals surface area contributed by atoms with Gasteiger partial charge in [-0.3, -0.25) is 9.59 Å². The van der Waals surface area contributed by atoms with Crippen molar-refractivity contribution < 1.29 is 14.1 Å². The van der Waals surface area contributed by atoms with E-state index < -0.39 is 5.91 Å². The Bertz CT molecular complexity index is 752. The zero-order valence-electron chi connectivity index (χ0n) is 13.7. The van der Waals surface area contributed by atoms with Crippen LogP contribution in [0.1, 0.15) is 70.3 Å². The number of amides is 2. The van der Waals surface area contributed by atoms with Crippen LogP contribution in [0.5, 0.6) is 0 Å². The van der Waals surface area contributed by atoms with Gasteiger partial charge in [0.25, 0.3) is 5.91 Å². The predicted molar refractivity (Wildman–Crippen MR) is 89.1 cm³/mol. The number of hydrogen-bond acceptors (Lipinski definition) is 6. The highest BCUT2D eigenvalue weighted by Crippen LogP contribution is 2.28. The van der Waals surface area contributed by atoms with Crippen molar-refractivity contribution in [1.82, 2.24) is 15.0 Å². The molecule has 128 valence electrons. The van der Waals surface area contributed by atoms with E-state index in [9.17, 15) is 9.59 Å². The largest absolute Gasteiger partial charge is 0.366 e. The number of primary amides is 1. The minimum Gasteiger partial charge on any atom is -0.366 e. The lowest BCUT2D eigenvalue weighted by molar-refractivity contribution is 0.0708. The van der Waals surface area contributed by atoms with E-state index >= 15 is 0 Å². The van der Waals surface area contributed by atoms with Gasteiger partial charge >= 0.3 is 0 Å². The van der Waals surface area contributed by atoms with Crippen molar-refractivity contribution in [3.63, 3.8) is 0 Å². The molecule has 2 amide bonds. The third-order valence-electron chi connectivity index (χ3n) is 4.12. The van der Waals surface area contributed by atoms with Crippen molar-refractivity contribution in [2.45, 2.75) is 38.5 Å². The molecule has 2 aromatic heterocycles. The standard InChI is InChI=1S/C16H20N4O3S/c1-9(2)15-18-14(19-23-15)10-4-3-5-20(7-10)16(22)12-6-11(8-24-12)13(17)21/h6,8-10H,3-5,7H2,1-2H3,(H2,17,21)/t10-/m1/s1. The molecule has 8 heteroatoms. The number of piperidine rings is 1. The van der Waals surface area contributed by atoms with Gasteiger partial charge in [0.2, 0.25) is 11.8 Å². The number of thiophene rings is 1. The van der Waals surface area contributed by atoms with E-state index in [1.54, 1.807) is 16.3 Å². The highest BCUT2D eigenvalue weighted by Gasteiger charge is 2.29. The van der Waals surface area contributed by atoms with Gasteiger partial charge in [-0.2, -0.15) is 4.98 Å². The molecule has 1 aliphatic rings. The second-order valence-corrected chi connectivity index (χ2v) is 7.21. The molecule has 7 nitrogen and oxygen atoms in total. The molecule has 0 aliphatic carbocycles. The maximum atomic E-state index is 12.6. The van der Waals surface area contributed by atoms with Gasteiger partial charge in [0.15, 0.2) is 5.82 Å². The molecule has 1 atom stereocenters. The van der Waals surface area contributed by atoms with Crippen LogP contribution in [-0.2, 0) is 0 Å². The van der Waals surface area contributed by atoms with Crippen LogP contribution in [0.3, 0.4) is 0 Å². The zero-order chi connectivity index (χ0) is 17.3. The number of carbonyl (C=O) groups is 2. The topological polar surface area (TPSA) is 102 Å². The van der Waals surface area contributed by atoms with E-state index in [1.165, 1.54) is 11.3 Å². The summed E-state index contributed by atoms with van der Waals surface area (Å²) in [6.45, 7) is 5.25. The minimum absolute atomic E-state index is 0.0783. The average Bonchev–Trinajstić information content (AvgIpc) is 3.24. The highest BCUT2D eigenvalue weighted by atomic mass is 32.1. The Hall–Kier alpha value is -2.22. The van der Waals surface area contributed by atoms with Crippen LogP contribution in [0.2, 0.25) is 0 Å². The molecule has 0 aromatic carbocycles. The summed E-state index contributed by atoms with van der Waals surface area (Å²) in [5.41, 5.74) is 5.62. The van der Waals surface area contributed by atoms with Crippen molar-refractivity contribution in [3.05, 3.63) is 33.6 Å². The first-order valence-corrected chi connectivity index (χ1v) is 8.84. The number of rotatable bonds is 4. The maximum absolute atomic E-state index is 12.6. The molecule has 3 heterocycles. The molecule has 2 N–H and O–H groups in total. The highest BCUT2D eigenvalue weighted by molar-refractivity contribution is 7.12. The number of aromatic nitrogens is 2. The van der Waals surface area contributed by atoms with Crippen LogP contribution in [-0.4, -0.2) is 39.9 Å². The SMILES string of the molecule is CC(C)c1nc([C@@H]2CCCN(C(=O)c3cc(C(N)=O)cs3)C2)no1. The van der Waals surface area contributed by atoms with Crippen molar-refractivity contribution in [2.75, 3.05) is 13.1 Å². The Morgan fingerprint density at radius 3 is 2.88 bits per heavy atom. The smallest absolute Gasteiger partial charge is 0.263 e. The van der Waals surface area contributed by atoms with Gasteiger partial charge in [-0.05, 0) is 18.9 Å². The molecule has 0 unspecified atom stereocenters. The Morgan fingerprint density at radius 1 is 1.46 bits per heavy atom. The van der Waals surface area contributed by atoms with E-state index in [0.29, 0.717) is 35.2 Å².